The molecule has 0 amide bonds. The van der Waals surface area contributed by atoms with Gasteiger partial charge in [-0.25, -0.2) is 9.97 Å². The SMILES string of the molecule is CC1CCN(c2ncc3c(n2)CCN(Cc2cc(Br)cs2)C3)CC1. The fourth-order valence-corrected chi connectivity index (χ4v) is 5.01. The molecule has 6 heteroatoms. The van der Waals surface area contributed by atoms with E-state index in [2.05, 4.69) is 55.3 Å². The van der Waals surface area contributed by atoms with E-state index in [-0.39, 0.29) is 0 Å². The number of halogens is 1. The first-order valence-electron chi connectivity index (χ1n) is 8.72. The zero-order chi connectivity index (χ0) is 16.5. The van der Waals surface area contributed by atoms with Crippen LogP contribution in [0.1, 0.15) is 35.9 Å². The van der Waals surface area contributed by atoms with Crippen molar-refractivity contribution in [3.8, 4) is 0 Å². The van der Waals surface area contributed by atoms with Crippen molar-refractivity contribution in [2.45, 2.75) is 39.3 Å². The van der Waals surface area contributed by atoms with Gasteiger partial charge in [0.2, 0.25) is 5.95 Å². The average molecular weight is 407 g/mol. The quantitative estimate of drug-likeness (QED) is 0.767. The molecule has 2 aliphatic rings. The Morgan fingerprint density at radius 3 is 2.88 bits per heavy atom. The molecule has 2 aromatic heterocycles. The Hall–Kier alpha value is -0.980. The highest BCUT2D eigenvalue weighted by Crippen LogP contribution is 2.26. The number of piperidine rings is 1. The highest BCUT2D eigenvalue weighted by molar-refractivity contribution is 9.10. The van der Waals surface area contributed by atoms with Crippen molar-refractivity contribution in [2.24, 2.45) is 5.92 Å². The molecule has 0 aromatic carbocycles. The van der Waals surface area contributed by atoms with Gasteiger partial charge in [0, 0.05) is 65.6 Å². The average Bonchev–Trinajstić information content (AvgIpc) is 3.00. The Kier molecular flexibility index (Phi) is 4.88. The first-order chi connectivity index (χ1) is 11.7. The summed E-state index contributed by atoms with van der Waals surface area (Å²) >= 11 is 5.36. The van der Waals surface area contributed by atoms with Crippen LogP contribution in [0.5, 0.6) is 0 Å². The number of nitrogens with zero attached hydrogens (tertiary/aromatic N) is 4. The molecular formula is C18H23BrN4S. The molecule has 0 bridgehead atoms. The van der Waals surface area contributed by atoms with Gasteiger partial charge in [-0.1, -0.05) is 6.92 Å². The van der Waals surface area contributed by atoms with Gasteiger partial charge in [0.15, 0.2) is 0 Å². The van der Waals surface area contributed by atoms with Gasteiger partial charge in [0.1, 0.15) is 0 Å². The van der Waals surface area contributed by atoms with E-state index in [0.717, 1.165) is 51.0 Å². The number of hydrogen-bond acceptors (Lipinski definition) is 5. The summed E-state index contributed by atoms with van der Waals surface area (Å²) in [6.07, 6.45) is 5.60. The van der Waals surface area contributed by atoms with E-state index < -0.39 is 0 Å². The summed E-state index contributed by atoms with van der Waals surface area (Å²) in [7, 11) is 0. The molecule has 1 fully saturated rings. The summed E-state index contributed by atoms with van der Waals surface area (Å²) in [5, 5.41) is 2.15. The van der Waals surface area contributed by atoms with Crippen LogP contribution in [0.15, 0.2) is 22.1 Å². The molecule has 2 aromatic rings. The molecule has 0 N–H and O–H groups in total. The Balaban J connectivity index is 1.43. The maximum Gasteiger partial charge on any atom is 0.225 e. The fourth-order valence-electron chi connectivity index (χ4n) is 3.52. The molecule has 0 unspecified atom stereocenters. The van der Waals surface area contributed by atoms with Crippen molar-refractivity contribution in [1.29, 1.82) is 0 Å². The van der Waals surface area contributed by atoms with Crippen LogP contribution in [-0.2, 0) is 19.5 Å². The molecule has 4 nitrogen and oxygen atoms in total. The Bertz CT molecular complexity index is 709. The minimum absolute atomic E-state index is 0.838. The first-order valence-corrected chi connectivity index (χ1v) is 10.4. The number of hydrogen-bond donors (Lipinski definition) is 0. The minimum atomic E-state index is 0.838. The van der Waals surface area contributed by atoms with Crippen LogP contribution < -0.4 is 4.90 Å². The highest BCUT2D eigenvalue weighted by atomic mass is 79.9. The van der Waals surface area contributed by atoms with Gasteiger partial charge >= 0.3 is 0 Å². The Morgan fingerprint density at radius 1 is 1.29 bits per heavy atom. The zero-order valence-electron chi connectivity index (χ0n) is 14.0. The smallest absolute Gasteiger partial charge is 0.225 e. The van der Waals surface area contributed by atoms with E-state index in [4.69, 9.17) is 4.98 Å². The molecule has 1 saturated heterocycles. The third-order valence-corrected chi connectivity index (χ3v) is 6.75. The van der Waals surface area contributed by atoms with Gasteiger partial charge in [-0.2, -0.15) is 0 Å². The third-order valence-electron chi connectivity index (χ3n) is 5.07. The van der Waals surface area contributed by atoms with Crippen molar-refractivity contribution in [2.75, 3.05) is 24.5 Å². The topological polar surface area (TPSA) is 32.3 Å². The summed E-state index contributed by atoms with van der Waals surface area (Å²) in [5.41, 5.74) is 2.55. The lowest BCUT2D eigenvalue weighted by Crippen LogP contribution is -2.35. The molecular weight excluding hydrogens is 384 g/mol. The Morgan fingerprint density at radius 2 is 2.12 bits per heavy atom. The van der Waals surface area contributed by atoms with Crippen molar-refractivity contribution in [3.05, 3.63) is 38.3 Å². The van der Waals surface area contributed by atoms with Crippen LogP contribution in [0.4, 0.5) is 5.95 Å². The van der Waals surface area contributed by atoms with Crippen molar-refractivity contribution in [3.63, 3.8) is 0 Å². The molecule has 0 aliphatic carbocycles. The van der Waals surface area contributed by atoms with Crippen molar-refractivity contribution >= 4 is 33.2 Å². The maximum absolute atomic E-state index is 4.89. The standard InChI is InChI=1S/C18H23BrN4S/c1-13-2-6-23(7-3-13)18-20-9-14-10-22(5-4-17(14)21-18)11-16-8-15(19)12-24-16/h8-9,12-13H,2-7,10-11H2,1H3. The molecule has 0 spiro atoms. The van der Waals surface area contributed by atoms with E-state index in [9.17, 15) is 0 Å². The number of thiophene rings is 1. The van der Waals surface area contributed by atoms with Crippen LogP contribution in [0, 0.1) is 5.92 Å². The lowest BCUT2D eigenvalue weighted by Gasteiger charge is -2.32. The van der Waals surface area contributed by atoms with Gasteiger partial charge in [-0.3, -0.25) is 4.90 Å². The van der Waals surface area contributed by atoms with E-state index in [1.165, 1.54) is 33.4 Å². The normalized spacial score (nSPS) is 19.5. The number of fused-ring (bicyclic) bond motifs is 1. The number of aromatic nitrogens is 2. The van der Waals surface area contributed by atoms with E-state index in [1.54, 1.807) is 0 Å². The molecule has 128 valence electrons. The van der Waals surface area contributed by atoms with Gasteiger partial charge < -0.3 is 4.90 Å². The van der Waals surface area contributed by atoms with Crippen molar-refractivity contribution in [1.82, 2.24) is 14.9 Å². The largest absolute Gasteiger partial charge is 0.341 e. The van der Waals surface area contributed by atoms with Crippen molar-refractivity contribution < 1.29 is 0 Å². The first kappa shape index (κ1) is 16.5. The molecule has 24 heavy (non-hydrogen) atoms. The van der Waals surface area contributed by atoms with Crippen LogP contribution in [-0.4, -0.2) is 34.5 Å². The summed E-state index contributed by atoms with van der Waals surface area (Å²) < 4.78 is 1.18. The summed E-state index contributed by atoms with van der Waals surface area (Å²) in [6.45, 7) is 7.59. The summed E-state index contributed by atoms with van der Waals surface area (Å²) in [5.74, 6) is 1.78. The fraction of sp³-hybridized carbons (Fsp3) is 0.556. The Labute approximate surface area is 156 Å². The molecule has 0 saturated carbocycles. The zero-order valence-corrected chi connectivity index (χ0v) is 16.4. The molecule has 4 heterocycles. The third kappa shape index (κ3) is 3.65. The van der Waals surface area contributed by atoms with Crippen LogP contribution in [0.25, 0.3) is 0 Å². The highest BCUT2D eigenvalue weighted by Gasteiger charge is 2.22. The molecule has 0 radical (unpaired) electrons. The van der Waals surface area contributed by atoms with E-state index in [1.807, 2.05) is 11.3 Å². The van der Waals surface area contributed by atoms with Gasteiger partial charge in [0.05, 0.1) is 5.69 Å². The second kappa shape index (κ2) is 7.10. The number of rotatable bonds is 3. The maximum atomic E-state index is 4.89. The van der Waals surface area contributed by atoms with E-state index in [0.29, 0.717) is 0 Å². The van der Waals surface area contributed by atoms with E-state index >= 15 is 0 Å². The van der Waals surface area contributed by atoms with Crippen LogP contribution in [0.2, 0.25) is 0 Å². The predicted octanol–water partition coefficient (Wildman–Crippen LogP) is 4.10. The molecule has 2 aliphatic heterocycles. The second-order valence-corrected chi connectivity index (χ2v) is 8.91. The second-order valence-electron chi connectivity index (χ2n) is 7.00. The monoisotopic (exact) mass is 406 g/mol. The van der Waals surface area contributed by atoms with Gasteiger partial charge in [-0.15, -0.1) is 11.3 Å². The minimum Gasteiger partial charge on any atom is -0.341 e. The number of anilines is 1. The van der Waals surface area contributed by atoms with Crippen LogP contribution in [0.3, 0.4) is 0 Å². The van der Waals surface area contributed by atoms with Crippen LogP contribution >= 0.6 is 27.3 Å². The predicted molar refractivity (Wildman–Crippen MR) is 102 cm³/mol. The summed E-state index contributed by atoms with van der Waals surface area (Å²) in [6, 6.07) is 2.22. The molecule has 0 atom stereocenters. The lowest BCUT2D eigenvalue weighted by atomic mass is 9.99. The van der Waals surface area contributed by atoms with Gasteiger partial charge in [0.25, 0.3) is 0 Å². The molecule has 4 rings (SSSR count). The lowest BCUT2D eigenvalue weighted by molar-refractivity contribution is 0.245. The van der Waals surface area contributed by atoms with Gasteiger partial charge in [-0.05, 0) is 40.8 Å². The summed E-state index contributed by atoms with van der Waals surface area (Å²) in [4.78, 5) is 15.8.